The quantitative estimate of drug-likeness (QED) is 0.896. The van der Waals surface area contributed by atoms with E-state index in [1.165, 1.54) is 5.56 Å². The van der Waals surface area contributed by atoms with E-state index in [1.807, 2.05) is 38.1 Å². The van der Waals surface area contributed by atoms with Crippen LogP contribution in [0.15, 0.2) is 36.5 Å². The van der Waals surface area contributed by atoms with Crippen LogP contribution in [0.25, 0.3) is 0 Å². The van der Waals surface area contributed by atoms with Crippen LogP contribution in [0.3, 0.4) is 0 Å². The summed E-state index contributed by atoms with van der Waals surface area (Å²) in [6.45, 7) is 6.01. The van der Waals surface area contributed by atoms with Gasteiger partial charge in [-0.1, -0.05) is 17.7 Å². The Morgan fingerprint density at radius 1 is 1.17 bits per heavy atom. The molecule has 1 atom stereocenters. The van der Waals surface area contributed by atoms with Crippen LogP contribution in [0.5, 0.6) is 11.5 Å². The molecular formula is C15H18N2O. The maximum absolute atomic E-state index is 5.80. The summed E-state index contributed by atoms with van der Waals surface area (Å²) in [7, 11) is 0. The van der Waals surface area contributed by atoms with E-state index in [4.69, 9.17) is 10.5 Å². The summed E-state index contributed by atoms with van der Waals surface area (Å²) in [6.07, 6.45) is 1.71. The topological polar surface area (TPSA) is 48.1 Å². The van der Waals surface area contributed by atoms with Crippen LogP contribution in [-0.4, -0.2) is 4.98 Å². The number of nitrogens with zero attached hydrogens (tertiary/aromatic N) is 1. The van der Waals surface area contributed by atoms with Crippen LogP contribution in [0, 0.1) is 13.8 Å². The maximum atomic E-state index is 5.80. The van der Waals surface area contributed by atoms with Crippen molar-refractivity contribution in [2.75, 3.05) is 0 Å². The van der Waals surface area contributed by atoms with E-state index >= 15 is 0 Å². The first kappa shape index (κ1) is 12.6. The fourth-order valence-corrected chi connectivity index (χ4v) is 1.76. The van der Waals surface area contributed by atoms with Gasteiger partial charge in [-0.15, -0.1) is 0 Å². The number of hydrogen-bond acceptors (Lipinski definition) is 3. The average molecular weight is 242 g/mol. The van der Waals surface area contributed by atoms with Gasteiger partial charge in [0.1, 0.15) is 11.5 Å². The predicted octanol–water partition coefficient (Wildman–Crippen LogP) is 3.51. The Morgan fingerprint density at radius 2 is 1.94 bits per heavy atom. The molecule has 3 heteroatoms. The van der Waals surface area contributed by atoms with Crippen LogP contribution in [0.1, 0.15) is 29.8 Å². The number of aromatic nitrogens is 1. The fourth-order valence-electron chi connectivity index (χ4n) is 1.76. The van der Waals surface area contributed by atoms with Crippen molar-refractivity contribution in [1.29, 1.82) is 0 Å². The Bertz CT molecular complexity index is 533. The number of pyridine rings is 1. The standard InChI is InChI=1S/C15H18N2O/c1-10-4-7-15(11(2)8-10)18-13-5-6-14(12(3)16)17-9-13/h4-9,12H,16H2,1-3H3/t12-/m1/s1. The van der Waals surface area contributed by atoms with E-state index in [2.05, 4.69) is 18.0 Å². The lowest BCUT2D eigenvalue weighted by Gasteiger charge is -2.10. The van der Waals surface area contributed by atoms with Crippen molar-refractivity contribution in [2.24, 2.45) is 5.73 Å². The molecule has 0 spiro atoms. The Kier molecular flexibility index (Phi) is 3.63. The van der Waals surface area contributed by atoms with E-state index in [-0.39, 0.29) is 6.04 Å². The van der Waals surface area contributed by atoms with Gasteiger partial charge in [-0.25, -0.2) is 0 Å². The Hall–Kier alpha value is -1.87. The second-order valence-corrected chi connectivity index (χ2v) is 4.58. The van der Waals surface area contributed by atoms with E-state index in [9.17, 15) is 0 Å². The summed E-state index contributed by atoms with van der Waals surface area (Å²) in [5, 5.41) is 0. The van der Waals surface area contributed by atoms with Crippen molar-refractivity contribution in [1.82, 2.24) is 4.98 Å². The first-order chi connectivity index (χ1) is 8.56. The number of nitrogens with two attached hydrogens (primary N) is 1. The zero-order valence-corrected chi connectivity index (χ0v) is 11.0. The van der Waals surface area contributed by atoms with Crippen molar-refractivity contribution in [3.8, 4) is 11.5 Å². The van der Waals surface area contributed by atoms with Crippen molar-refractivity contribution < 1.29 is 4.74 Å². The molecule has 0 amide bonds. The Labute approximate surface area is 108 Å². The second-order valence-electron chi connectivity index (χ2n) is 4.58. The SMILES string of the molecule is Cc1ccc(Oc2ccc([C@@H](C)N)nc2)c(C)c1. The second kappa shape index (κ2) is 5.19. The monoisotopic (exact) mass is 242 g/mol. The molecular weight excluding hydrogens is 224 g/mol. The van der Waals surface area contributed by atoms with Crippen molar-refractivity contribution in [2.45, 2.75) is 26.8 Å². The molecule has 0 aliphatic heterocycles. The molecule has 0 aliphatic rings. The number of ether oxygens (including phenoxy) is 1. The van der Waals surface area contributed by atoms with Crippen molar-refractivity contribution in [3.05, 3.63) is 53.3 Å². The van der Waals surface area contributed by atoms with Gasteiger partial charge in [0.05, 0.1) is 11.9 Å². The van der Waals surface area contributed by atoms with Crippen molar-refractivity contribution in [3.63, 3.8) is 0 Å². The lowest BCUT2D eigenvalue weighted by molar-refractivity contribution is 0.475. The molecule has 3 nitrogen and oxygen atoms in total. The smallest absolute Gasteiger partial charge is 0.145 e. The average Bonchev–Trinajstić information content (AvgIpc) is 2.33. The van der Waals surface area contributed by atoms with Crippen LogP contribution in [0.2, 0.25) is 0 Å². The van der Waals surface area contributed by atoms with E-state index in [0.29, 0.717) is 0 Å². The number of rotatable bonds is 3. The van der Waals surface area contributed by atoms with E-state index < -0.39 is 0 Å². The third kappa shape index (κ3) is 2.87. The first-order valence-electron chi connectivity index (χ1n) is 6.03. The summed E-state index contributed by atoms with van der Waals surface area (Å²) < 4.78 is 5.80. The van der Waals surface area contributed by atoms with Gasteiger partial charge in [-0.2, -0.15) is 0 Å². The molecule has 0 unspecified atom stereocenters. The van der Waals surface area contributed by atoms with Crippen LogP contribution >= 0.6 is 0 Å². The Morgan fingerprint density at radius 3 is 2.50 bits per heavy atom. The normalized spacial score (nSPS) is 12.2. The lowest BCUT2D eigenvalue weighted by Crippen LogP contribution is -2.06. The summed E-state index contributed by atoms with van der Waals surface area (Å²) in [4.78, 5) is 4.27. The van der Waals surface area contributed by atoms with Crippen LogP contribution in [-0.2, 0) is 0 Å². The van der Waals surface area contributed by atoms with Gasteiger partial charge in [-0.05, 0) is 44.5 Å². The van der Waals surface area contributed by atoms with Crippen LogP contribution < -0.4 is 10.5 Å². The molecule has 2 N–H and O–H groups in total. The maximum Gasteiger partial charge on any atom is 0.145 e. The summed E-state index contributed by atoms with van der Waals surface area (Å²) in [6, 6.07) is 9.84. The molecule has 0 saturated heterocycles. The van der Waals surface area contributed by atoms with Gasteiger partial charge < -0.3 is 10.5 Å². The molecule has 1 aromatic carbocycles. The molecule has 18 heavy (non-hydrogen) atoms. The minimum absolute atomic E-state index is 0.0554. The number of benzene rings is 1. The van der Waals surface area contributed by atoms with Gasteiger partial charge in [0.2, 0.25) is 0 Å². The zero-order chi connectivity index (χ0) is 13.1. The highest BCUT2D eigenvalue weighted by Gasteiger charge is 2.04. The van der Waals surface area contributed by atoms with Gasteiger partial charge in [-0.3, -0.25) is 4.98 Å². The van der Waals surface area contributed by atoms with E-state index in [1.54, 1.807) is 6.20 Å². The molecule has 1 aromatic heterocycles. The lowest BCUT2D eigenvalue weighted by atomic mass is 10.1. The highest BCUT2D eigenvalue weighted by Crippen LogP contribution is 2.25. The molecule has 1 heterocycles. The number of hydrogen-bond donors (Lipinski definition) is 1. The molecule has 2 aromatic rings. The minimum atomic E-state index is -0.0554. The molecule has 0 saturated carbocycles. The molecule has 2 rings (SSSR count). The summed E-state index contributed by atoms with van der Waals surface area (Å²) in [5.74, 6) is 1.59. The van der Waals surface area contributed by atoms with Gasteiger partial charge in [0.15, 0.2) is 0 Å². The van der Waals surface area contributed by atoms with Gasteiger partial charge in [0.25, 0.3) is 0 Å². The Balaban J connectivity index is 2.18. The summed E-state index contributed by atoms with van der Waals surface area (Å²) in [5.41, 5.74) is 8.96. The highest BCUT2D eigenvalue weighted by atomic mass is 16.5. The molecule has 0 aliphatic carbocycles. The number of aryl methyl sites for hydroxylation is 2. The fraction of sp³-hybridized carbons (Fsp3) is 0.267. The third-order valence-electron chi connectivity index (χ3n) is 2.78. The van der Waals surface area contributed by atoms with Crippen LogP contribution in [0.4, 0.5) is 0 Å². The first-order valence-corrected chi connectivity index (χ1v) is 6.03. The van der Waals surface area contributed by atoms with Gasteiger partial charge in [0, 0.05) is 6.04 Å². The molecule has 0 radical (unpaired) electrons. The van der Waals surface area contributed by atoms with Crippen molar-refractivity contribution >= 4 is 0 Å². The third-order valence-corrected chi connectivity index (χ3v) is 2.78. The summed E-state index contributed by atoms with van der Waals surface area (Å²) >= 11 is 0. The molecule has 0 bridgehead atoms. The highest BCUT2D eigenvalue weighted by molar-refractivity contribution is 5.39. The largest absolute Gasteiger partial charge is 0.455 e. The molecule has 94 valence electrons. The zero-order valence-electron chi connectivity index (χ0n) is 11.0. The van der Waals surface area contributed by atoms with E-state index in [0.717, 1.165) is 22.8 Å². The molecule has 0 fully saturated rings. The van der Waals surface area contributed by atoms with Gasteiger partial charge >= 0.3 is 0 Å². The minimum Gasteiger partial charge on any atom is -0.455 e. The predicted molar refractivity (Wildman–Crippen MR) is 72.8 cm³/mol.